The van der Waals surface area contributed by atoms with Crippen molar-refractivity contribution in [3.8, 4) is 0 Å². The summed E-state index contributed by atoms with van der Waals surface area (Å²) in [4.78, 5) is 31.5. The minimum atomic E-state index is 0.0581. The Hall–Kier alpha value is -1.93. The third kappa shape index (κ3) is 3.25. The summed E-state index contributed by atoms with van der Waals surface area (Å²) in [5.41, 5.74) is 3.37. The number of nitrogens with zero attached hydrogens (tertiary/aromatic N) is 4. The average Bonchev–Trinajstić information content (AvgIpc) is 3.29. The van der Waals surface area contributed by atoms with Gasteiger partial charge >= 0.3 is 0 Å². The van der Waals surface area contributed by atoms with Gasteiger partial charge in [-0.3, -0.25) is 4.79 Å². The minimum Gasteiger partial charge on any atom is -0.378 e. The van der Waals surface area contributed by atoms with Crippen molar-refractivity contribution >= 4 is 22.4 Å². The first-order valence-electron chi connectivity index (χ1n) is 9.82. The third-order valence-corrected chi connectivity index (χ3v) is 7.04. The number of anilines is 1. The molecule has 1 amide bonds. The Balaban J connectivity index is 1.28. The number of carbonyl (C=O) groups excluding carboxylic acids is 1. The highest BCUT2D eigenvalue weighted by Crippen LogP contribution is 2.35. The Labute approximate surface area is 162 Å². The lowest BCUT2D eigenvalue weighted by Crippen LogP contribution is -2.41. The highest BCUT2D eigenvalue weighted by molar-refractivity contribution is 7.15. The molecular weight excluding hydrogens is 362 g/mol. The van der Waals surface area contributed by atoms with Gasteiger partial charge in [0.05, 0.1) is 36.8 Å². The lowest BCUT2D eigenvalue weighted by atomic mass is 9.89. The van der Waals surface area contributed by atoms with E-state index in [4.69, 9.17) is 9.72 Å². The van der Waals surface area contributed by atoms with Gasteiger partial charge in [-0.25, -0.2) is 9.97 Å². The van der Waals surface area contributed by atoms with Crippen molar-refractivity contribution < 1.29 is 9.53 Å². The molecule has 8 heteroatoms. The second-order valence-corrected chi connectivity index (χ2v) is 8.72. The molecule has 1 N–H and O–H groups in total. The van der Waals surface area contributed by atoms with E-state index in [1.165, 1.54) is 4.88 Å². The van der Waals surface area contributed by atoms with E-state index >= 15 is 0 Å². The molecule has 2 aliphatic heterocycles. The van der Waals surface area contributed by atoms with E-state index in [-0.39, 0.29) is 11.8 Å². The van der Waals surface area contributed by atoms with E-state index < -0.39 is 0 Å². The molecule has 0 spiro atoms. The first-order chi connectivity index (χ1) is 13.2. The van der Waals surface area contributed by atoms with E-state index in [1.807, 2.05) is 11.8 Å². The standard InChI is InChI=1S/C19H25N5O2S/c1-12-20-14-4-5-24(11-16(14)21-12)18(25)13-2-3-17-15(10-13)22-19(27-17)23-6-8-26-9-7-23/h13H,2-11H2,1H3,(H,20,21). The molecule has 0 aromatic carbocycles. The van der Waals surface area contributed by atoms with Gasteiger partial charge in [0.25, 0.3) is 0 Å². The van der Waals surface area contributed by atoms with Gasteiger partial charge in [0.1, 0.15) is 5.82 Å². The molecule has 1 saturated heterocycles. The summed E-state index contributed by atoms with van der Waals surface area (Å²) in [5, 5.41) is 1.10. The Morgan fingerprint density at radius 2 is 2.04 bits per heavy atom. The Morgan fingerprint density at radius 1 is 1.19 bits per heavy atom. The van der Waals surface area contributed by atoms with Gasteiger partial charge in [-0.2, -0.15) is 0 Å². The van der Waals surface area contributed by atoms with Crippen LogP contribution in [0.1, 0.15) is 34.2 Å². The zero-order chi connectivity index (χ0) is 18.4. The number of fused-ring (bicyclic) bond motifs is 2. The largest absolute Gasteiger partial charge is 0.378 e. The molecule has 0 bridgehead atoms. The summed E-state index contributed by atoms with van der Waals surface area (Å²) in [7, 11) is 0. The van der Waals surface area contributed by atoms with Crippen molar-refractivity contribution in [1.82, 2.24) is 19.9 Å². The number of aryl methyl sites for hydroxylation is 2. The van der Waals surface area contributed by atoms with Crippen molar-refractivity contribution in [2.24, 2.45) is 5.92 Å². The molecule has 5 rings (SSSR count). The second-order valence-electron chi connectivity index (χ2n) is 7.66. The molecule has 0 radical (unpaired) electrons. The number of aromatic amines is 1. The number of morpholine rings is 1. The smallest absolute Gasteiger partial charge is 0.226 e. The normalized spacial score (nSPS) is 22.5. The minimum absolute atomic E-state index is 0.0581. The molecule has 2 aromatic rings. The van der Waals surface area contributed by atoms with Gasteiger partial charge in [-0.15, -0.1) is 11.3 Å². The molecule has 4 heterocycles. The summed E-state index contributed by atoms with van der Waals surface area (Å²) in [6.45, 7) is 6.78. The fraction of sp³-hybridized carbons (Fsp3) is 0.632. The lowest BCUT2D eigenvalue weighted by molar-refractivity contribution is -0.137. The van der Waals surface area contributed by atoms with E-state index in [9.17, 15) is 4.79 Å². The van der Waals surface area contributed by atoms with Crippen LogP contribution in [0.4, 0.5) is 5.13 Å². The second kappa shape index (κ2) is 6.91. The van der Waals surface area contributed by atoms with Crippen LogP contribution in [0.25, 0.3) is 0 Å². The maximum atomic E-state index is 13.1. The van der Waals surface area contributed by atoms with Gasteiger partial charge in [0.2, 0.25) is 5.91 Å². The quantitative estimate of drug-likeness (QED) is 0.849. The van der Waals surface area contributed by atoms with Gasteiger partial charge in [0, 0.05) is 43.3 Å². The summed E-state index contributed by atoms with van der Waals surface area (Å²) >= 11 is 1.81. The van der Waals surface area contributed by atoms with E-state index in [0.29, 0.717) is 6.54 Å². The Bertz CT molecular complexity index is 854. The SMILES string of the molecule is Cc1nc2c([nH]1)CN(C(=O)C1CCc3sc(N4CCOCC4)nc3C1)CC2. The third-order valence-electron chi connectivity index (χ3n) is 5.82. The van der Waals surface area contributed by atoms with Crippen molar-refractivity contribution in [2.75, 3.05) is 37.7 Å². The summed E-state index contributed by atoms with van der Waals surface area (Å²) in [5.74, 6) is 1.27. The Morgan fingerprint density at radius 3 is 2.89 bits per heavy atom. The van der Waals surface area contributed by atoms with Crippen molar-refractivity contribution in [3.63, 3.8) is 0 Å². The van der Waals surface area contributed by atoms with Crippen LogP contribution in [0.3, 0.4) is 0 Å². The number of amides is 1. The first kappa shape index (κ1) is 17.2. The number of hydrogen-bond donors (Lipinski definition) is 1. The fourth-order valence-corrected chi connectivity index (χ4v) is 5.50. The summed E-state index contributed by atoms with van der Waals surface area (Å²) in [6, 6.07) is 0. The zero-order valence-corrected chi connectivity index (χ0v) is 16.5. The van der Waals surface area contributed by atoms with Crippen LogP contribution in [-0.2, 0) is 35.3 Å². The number of ether oxygens (including phenoxy) is 1. The summed E-state index contributed by atoms with van der Waals surface area (Å²) in [6.07, 6.45) is 3.53. The molecule has 1 atom stereocenters. The predicted molar refractivity (Wildman–Crippen MR) is 103 cm³/mol. The number of thiazole rings is 1. The van der Waals surface area contributed by atoms with Gasteiger partial charge in [0.15, 0.2) is 5.13 Å². The highest BCUT2D eigenvalue weighted by Gasteiger charge is 2.33. The van der Waals surface area contributed by atoms with Crippen molar-refractivity contribution in [3.05, 3.63) is 27.8 Å². The van der Waals surface area contributed by atoms with Crippen LogP contribution < -0.4 is 4.90 Å². The molecule has 27 heavy (non-hydrogen) atoms. The number of imidazole rings is 1. The molecule has 0 saturated carbocycles. The average molecular weight is 388 g/mol. The van der Waals surface area contributed by atoms with Crippen LogP contribution in [0.5, 0.6) is 0 Å². The van der Waals surface area contributed by atoms with E-state index in [0.717, 1.165) is 86.6 Å². The number of carbonyl (C=O) groups is 1. The highest BCUT2D eigenvalue weighted by atomic mass is 32.1. The summed E-state index contributed by atoms with van der Waals surface area (Å²) < 4.78 is 5.44. The van der Waals surface area contributed by atoms with Gasteiger partial charge < -0.3 is 19.5 Å². The number of hydrogen-bond acceptors (Lipinski definition) is 6. The van der Waals surface area contributed by atoms with Crippen LogP contribution in [0.2, 0.25) is 0 Å². The van der Waals surface area contributed by atoms with Crippen LogP contribution >= 0.6 is 11.3 Å². The number of rotatable bonds is 2. The number of nitrogens with one attached hydrogen (secondary N) is 1. The van der Waals surface area contributed by atoms with Crippen LogP contribution in [0.15, 0.2) is 0 Å². The lowest BCUT2D eigenvalue weighted by Gasteiger charge is -2.31. The molecular formula is C19H25N5O2S. The van der Waals surface area contributed by atoms with Gasteiger partial charge in [-0.05, 0) is 19.8 Å². The van der Waals surface area contributed by atoms with E-state index in [1.54, 1.807) is 11.3 Å². The van der Waals surface area contributed by atoms with Crippen molar-refractivity contribution in [1.29, 1.82) is 0 Å². The molecule has 7 nitrogen and oxygen atoms in total. The monoisotopic (exact) mass is 387 g/mol. The molecule has 1 unspecified atom stereocenters. The fourth-order valence-electron chi connectivity index (χ4n) is 4.35. The topological polar surface area (TPSA) is 74.4 Å². The van der Waals surface area contributed by atoms with E-state index in [2.05, 4.69) is 14.9 Å². The van der Waals surface area contributed by atoms with Crippen molar-refractivity contribution in [2.45, 2.75) is 39.2 Å². The zero-order valence-electron chi connectivity index (χ0n) is 15.7. The molecule has 2 aromatic heterocycles. The van der Waals surface area contributed by atoms with Crippen LogP contribution in [0, 0.1) is 12.8 Å². The van der Waals surface area contributed by atoms with Gasteiger partial charge in [-0.1, -0.05) is 0 Å². The van der Waals surface area contributed by atoms with Crippen LogP contribution in [-0.4, -0.2) is 58.6 Å². The predicted octanol–water partition coefficient (Wildman–Crippen LogP) is 1.70. The molecule has 1 fully saturated rings. The number of aromatic nitrogens is 3. The molecule has 3 aliphatic rings. The first-order valence-corrected chi connectivity index (χ1v) is 10.6. The molecule has 144 valence electrons. The maximum absolute atomic E-state index is 13.1. The number of H-pyrrole nitrogens is 1. The maximum Gasteiger partial charge on any atom is 0.226 e. The molecule has 1 aliphatic carbocycles. The Kier molecular flexibility index (Phi) is 4.40.